The Labute approximate surface area is 218 Å². The molecule has 4 atom stereocenters. The molecule has 8 nitrogen and oxygen atoms in total. The number of fused-ring (bicyclic) bond motifs is 1. The molecule has 0 aromatic heterocycles. The van der Waals surface area contributed by atoms with Crippen LogP contribution in [0, 0.1) is 11.8 Å². The first kappa shape index (κ1) is 26.7. The van der Waals surface area contributed by atoms with Gasteiger partial charge in [-0.05, 0) is 63.6 Å². The smallest absolute Gasteiger partial charge is 0.231 e. The van der Waals surface area contributed by atoms with E-state index in [1.165, 1.54) is 0 Å². The summed E-state index contributed by atoms with van der Waals surface area (Å²) in [7, 11) is 1.64. The number of nitrogens with one attached hydrogen (secondary N) is 1. The number of carbonyl (C=O) groups is 2. The number of hydrogen-bond donors (Lipinski definition) is 2. The van der Waals surface area contributed by atoms with Gasteiger partial charge in [0.15, 0.2) is 5.96 Å². The van der Waals surface area contributed by atoms with E-state index in [0.717, 1.165) is 24.2 Å². The van der Waals surface area contributed by atoms with Crippen LogP contribution in [0.5, 0.6) is 5.75 Å². The average Bonchev–Trinajstić information content (AvgIpc) is 3.61. The maximum absolute atomic E-state index is 13.4. The molecule has 1 fully saturated rings. The van der Waals surface area contributed by atoms with Gasteiger partial charge in [0.1, 0.15) is 11.4 Å². The van der Waals surface area contributed by atoms with Crippen molar-refractivity contribution in [3.63, 3.8) is 0 Å². The lowest BCUT2D eigenvalue weighted by atomic mass is 9.87. The molecule has 0 radical (unpaired) electrons. The van der Waals surface area contributed by atoms with Gasteiger partial charge in [-0.25, -0.2) is 4.99 Å². The molecule has 4 rings (SSSR count). The second kappa shape index (κ2) is 10.2. The van der Waals surface area contributed by atoms with Crippen LogP contribution in [0.3, 0.4) is 0 Å². The van der Waals surface area contributed by atoms with Gasteiger partial charge in [-0.15, -0.1) is 0 Å². The van der Waals surface area contributed by atoms with Crippen LogP contribution in [0.2, 0.25) is 5.02 Å². The Kier molecular flexibility index (Phi) is 7.58. The van der Waals surface area contributed by atoms with Crippen molar-refractivity contribution in [2.45, 2.75) is 89.4 Å². The summed E-state index contributed by atoms with van der Waals surface area (Å²) in [6, 6.07) is 5.09. The van der Waals surface area contributed by atoms with Gasteiger partial charge >= 0.3 is 0 Å². The molecule has 36 heavy (non-hydrogen) atoms. The van der Waals surface area contributed by atoms with Crippen LogP contribution in [0.15, 0.2) is 23.2 Å². The van der Waals surface area contributed by atoms with E-state index in [-0.39, 0.29) is 41.7 Å². The number of rotatable bonds is 9. The molecule has 2 unspecified atom stereocenters. The zero-order chi connectivity index (χ0) is 26.3. The minimum atomic E-state index is -0.436. The number of hydrogen-bond acceptors (Lipinski definition) is 6. The van der Waals surface area contributed by atoms with Crippen LogP contribution in [-0.4, -0.2) is 53.6 Å². The van der Waals surface area contributed by atoms with E-state index < -0.39 is 11.1 Å². The summed E-state index contributed by atoms with van der Waals surface area (Å²) < 4.78 is 11.4. The standard InChI is InChI=1S/C27H39ClN4O4/c1-6-27(7-2)15-23(33)32(25(29)31-27)21(10-11-35-5)17-13-18(17)24(34)30-20-14-26(3,4)36-22-9-8-16(28)12-19(20)22/h8-9,12,17-18,20-21H,6-7,10-11,13-15H2,1-5H3,(H2,29,31)(H,30,34)/t17?,18?,20-,21+/m0/s1. The van der Waals surface area contributed by atoms with E-state index >= 15 is 0 Å². The Bertz CT molecular complexity index is 1040. The maximum atomic E-state index is 13.4. The topological polar surface area (TPSA) is 106 Å². The monoisotopic (exact) mass is 518 g/mol. The molecular weight excluding hydrogens is 480 g/mol. The summed E-state index contributed by atoms with van der Waals surface area (Å²) in [5.41, 5.74) is 6.43. The Balaban J connectivity index is 1.51. The lowest BCUT2D eigenvalue weighted by Gasteiger charge is -2.40. The molecule has 1 aromatic rings. The normalized spacial score (nSPS) is 26.9. The molecule has 1 aliphatic carbocycles. The predicted molar refractivity (Wildman–Crippen MR) is 140 cm³/mol. The van der Waals surface area contributed by atoms with Crippen LogP contribution in [0.4, 0.5) is 0 Å². The first-order valence-corrected chi connectivity index (χ1v) is 13.4. The molecule has 1 aromatic carbocycles. The lowest BCUT2D eigenvalue weighted by molar-refractivity contribution is -0.133. The number of ether oxygens (including phenoxy) is 2. The van der Waals surface area contributed by atoms with Gasteiger partial charge in [-0.1, -0.05) is 25.4 Å². The first-order valence-electron chi connectivity index (χ1n) is 13.0. The summed E-state index contributed by atoms with van der Waals surface area (Å²) >= 11 is 6.25. The summed E-state index contributed by atoms with van der Waals surface area (Å²) in [5, 5.41) is 3.85. The highest BCUT2D eigenvalue weighted by Crippen LogP contribution is 2.47. The van der Waals surface area contributed by atoms with Gasteiger partial charge in [0, 0.05) is 42.7 Å². The van der Waals surface area contributed by atoms with E-state index in [0.29, 0.717) is 37.3 Å². The van der Waals surface area contributed by atoms with E-state index in [1.807, 2.05) is 39.8 Å². The largest absolute Gasteiger partial charge is 0.487 e. The van der Waals surface area contributed by atoms with Crippen molar-refractivity contribution in [2.24, 2.45) is 22.6 Å². The average molecular weight is 519 g/mol. The fourth-order valence-corrected chi connectivity index (χ4v) is 5.97. The number of carbonyl (C=O) groups excluding carboxylic acids is 2. The zero-order valence-corrected chi connectivity index (χ0v) is 22.7. The molecule has 9 heteroatoms. The summed E-state index contributed by atoms with van der Waals surface area (Å²) in [6.07, 6.45) is 3.78. The minimum absolute atomic E-state index is 0.000264. The highest BCUT2D eigenvalue weighted by Gasteiger charge is 2.53. The van der Waals surface area contributed by atoms with E-state index in [1.54, 1.807) is 18.1 Å². The van der Waals surface area contributed by atoms with Gasteiger partial charge in [0.2, 0.25) is 11.8 Å². The van der Waals surface area contributed by atoms with E-state index in [4.69, 9.17) is 31.8 Å². The van der Waals surface area contributed by atoms with Crippen molar-refractivity contribution < 1.29 is 19.1 Å². The lowest BCUT2D eigenvalue weighted by Crippen LogP contribution is -2.56. The maximum Gasteiger partial charge on any atom is 0.231 e. The fraction of sp³-hybridized carbons (Fsp3) is 0.667. The van der Waals surface area contributed by atoms with Crippen molar-refractivity contribution >= 4 is 29.4 Å². The Morgan fingerprint density at radius 2 is 2.08 bits per heavy atom. The molecule has 1 saturated carbocycles. The molecule has 198 valence electrons. The number of halogens is 1. The predicted octanol–water partition coefficient (Wildman–Crippen LogP) is 4.21. The number of guanidine groups is 1. The van der Waals surface area contributed by atoms with Crippen LogP contribution < -0.4 is 15.8 Å². The van der Waals surface area contributed by atoms with Gasteiger partial charge < -0.3 is 20.5 Å². The molecule has 2 amide bonds. The number of nitrogens with zero attached hydrogens (tertiary/aromatic N) is 2. The highest BCUT2D eigenvalue weighted by atomic mass is 35.5. The summed E-state index contributed by atoms with van der Waals surface area (Å²) in [6.45, 7) is 8.58. The van der Waals surface area contributed by atoms with Gasteiger partial charge in [0.25, 0.3) is 0 Å². The SMILES string of the molecule is CCC1(CC)CC(=O)N([C@H](CCOC)C2CC2C(=O)N[C@H]2CC(C)(C)Oc3ccc(Cl)cc32)C(N)=N1. The Morgan fingerprint density at radius 3 is 2.72 bits per heavy atom. The second-order valence-electron chi connectivity index (χ2n) is 11.0. The van der Waals surface area contributed by atoms with Gasteiger partial charge in [-0.3, -0.25) is 14.5 Å². The second-order valence-corrected chi connectivity index (χ2v) is 11.4. The van der Waals surface area contributed by atoms with Crippen molar-refractivity contribution in [1.82, 2.24) is 10.2 Å². The molecular formula is C27H39ClN4O4. The van der Waals surface area contributed by atoms with Crippen molar-refractivity contribution in [2.75, 3.05) is 13.7 Å². The number of aliphatic imine (C=N–C) groups is 1. The number of amides is 2. The molecule has 0 saturated heterocycles. The molecule has 0 bridgehead atoms. The number of methoxy groups -OCH3 is 1. The minimum Gasteiger partial charge on any atom is -0.487 e. The van der Waals surface area contributed by atoms with Gasteiger partial charge in [-0.2, -0.15) is 0 Å². The molecule has 2 aliphatic heterocycles. The summed E-state index contributed by atoms with van der Waals surface area (Å²) in [4.78, 5) is 33.1. The van der Waals surface area contributed by atoms with Crippen molar-refractivity contribution in [3.8, 4) is 5.75 Å². The van der Waals surface area contributed by atoms with Crippen LogP contribution in [-0.2, 0) is 14.3 Å². The first-order chi connectivity index (χ1) is 17.0. The van der Waals surface area contributed by atoms with Crippen molar-refractivity contribution in [3.05, 3.63) is 28.8 Å². The van der Waals surface area contributed by atoms with Crippen LogP contribution in [0.25, 0.3) is 0 Å². The Hall–Kier alpha value is -2.32. The highest BCUT2D eigenvalue weighted by molar-refractivity contribution is 6.30. The fourth-order valence-electron chi connectivity index (χ4n) is 5.79. The third-order valence-corrected chi connectivity index (χ3v) is 8.26. The molecule has 3 aliphatic rings. The third-order valence-electron chi connectivity index (χ3n) is 8.03. The van der Waals surface area contributed by atoms with Crippen LogP contribution in [0.1, 0.15) is 77.8 Å². The number of benzene rings is 1. The third kappa shape index (κ3) is 5.35. The van der Waals surface area contributed by atoms with E-state index in [9.17, 15) is 9.59 Å². The quantitative estimate of drug-likeness (QED) is 0.509. The Morgan fingerprint density at radius 1 is 1.36 bits per heavy atom. The number of nitrogens with two attached hydrogens (primary N) is 1. The molecule has 2 heterocycles. The van der Waals surface area contributed by atoms with E-state index in [2.05, 4.69) is 5.32 Å². The zero-order valence-electron chi connectivity index (χ0n) is 22.0. The van der Waals surface area contributed by atoms with Crippen molar-refractivity contribution in [1.29, 1.82) is 0 Å². The summed E-state index contributed by atoms with van der Waals surface area (Å²) in [5.74, 6) is 0.757. The van der Waals surface area contributed by atoms with Crippen LogP contribution >= 0.6 is 11.6 Å². The van der Waals surface area contributed by atoms with Gasteiger partial charge in [0.05, 0.1) is 18.0 Å². The molecule has 3 N–H and O–H groups in total. The molecule has 0 spiro atoms.